The molecule has 8 nitrogen and oxygen atoms in total. The largest absolute Gasteiger partial charge is 0.486 e. The fourth-order valence-corrected chi connectivity index (χ4v) is 4.45. The number of ether oxygens (including phenoxy) is 3. The number of carbonyl (C=O) groups is 1. The van der Waals surface area contributed by atoms with Crippen LogP contribution in [0.4, 0.5) is 11.4 Å². The van der Waals surface area contributed by atoms with E-state index in [1.165, 1.54) is 18.2 Å². The summed E-state index contributed by atoms with van der Waals surface area (Å²) in [5, 5.41) is 2.76. The van der Waals surface area contributed by atoms with Crippen molar-refractivity contribution in [2.45, 2.75) is 11.8 Å². The van der Waals surface area contributed by atoms with E-state index in [1.54, 1.807) is 42.5 Å². The Hall–Kier alpha value is -3.43. The number of hydrogen-bond donors (Lipinski definition) is 2. The number of hydrogen-bond acceptors (Lipinski definition) is 6. The predicted molar refractivity (Wildman–Crippen MR) is 125 cm³/mol. The van der Waals surface area contributed by atoms with E-state index >= 15 is 0 Å². The summed E-state index contributed by atoms with van der Waals surface area (Å²) in [6.45, 7) is 2.52. The second-order valence-electron chi connectivity index (χ2n) is 7.26. The predicted octanol–water partition coefficient (Wildman–Crippen LogP) is 4.24. The molecule has 1 heterocycles. The van der Waals surface area contributed by atoms with Crippen molar-refractivity contribution >= 4 is 38.9 Å². The quantitative estimate of drug-likeness (QED) is 0.515. The van der Waals surface area contributed by atoms with E-state index in [2.05, 4.69) is 10.0 Å². The molecule has 1 aliphatic rings. The third-order valence-corrected chi connectivity index (χ3v) is 6.38. The number of nitrogens with one attached hydrogen (secondary N) is 2. The van der Waals surface area contributed by atoms with Crippen molar-refractivity contribution in [3.63, 3.8) is 0 Å². The van der Waals surface area contributed by atoms with Crippen LogP contribution in [0.25, 0.3) is 0 Å². The van der Waals surface area contributed by atoms with Gasteiger partial charge in [-0.05, 0) is 49.4 Å². The van der Waals surface area contributed by atoms with Crippen molar-refractivity contribution in [1.29, 1.82) is 0 Å². The standard InChI is InChI=1S/C23H21ClN2O6S/c1-15-2-4-16(5-3-15)26-33(28,29)18-7-9-20(19(24)13-18)32-14-23(27)25-17-6-8-21-22(12-17)31-11-10-30-21/h2-9,12-13,26H,10-11,14H2,1H3,(H,25,27). The van der Waals surface area contributed by atoms with Crippen LogP contribution in [0.3, 0.4) is 0 Å². The fraction of sp³-hybridized carbons (Fsp3) is 0.174. The average molecular weight is 489 g/mol. The third kappa shape index (κ3) is 5.68. The van der Waals surface area contributed by atoms with E-state index in [1.807, 2.05) is 6.92 Å². The number of carbonyl (C=O) groups excluding carboxylic acids is 1. The van der Waals surface area contributed by atoms with Gasteiger partial charge in [-0.15, -0.1) is 0 Å². The summed E-state index contributed by atoms with van der Waals surface area (Å²) in [6, 6.07) is 16.1. The third-order valence-electron chi connectivity index (χ3n) is 4.70. The van der Waals surface area contributed by atoms with Gasteiger partial charge in [0.05, 0.1) is 9.92 Å². The minimum Gasteiger partial charge on any atom is -0.486 e. The van der Waals surface area contributed by atoms with Gasteiger partial charge in [-0.2, -0.15) is 0 Å². The van der Waals surface area contributed by atoms with Crippen LogP contribution in [-0.2, 0) is 14.8 Å². The molecule has 0 saturated carbocycles. The van der Waals surface area contributed by atoms with Crippen molar-refractivity contribution in [3.8, 4) is 17.2 Å². The summed E-state index contributed by atoms with van der Waals surface area (Å²) < 4.78 is 44.2. The van der Waals surface area contributed by atoms with Crippen LogP contribution in [0.1, 0.15) is 5.56 Å². The maximum absolute atomic E-state index is 12.6. The lowest BCUT2D eigenvalue weighted by Crippen LogP contribution is -2.21. The molecule has 1 amide bonds. The van der Waals surface area contributed by atoms with Crippen molar-refractivity contribution in [2.24, 2.45) is 0 Å². The number of amides is 1. The van der Waals surface area contributed by atoms with Gasteiger partial charge in [0.1, 0.15) is 19.0 Å². The average Bonchev–Trinajstić information content (AvgIpc) is 2.79. The molecule has 0 unspecified atom stereocenters. The SMILES string of the molecule is Cc1ccc(NS(=O)(=O)c2ccc(OCC(=O)Nc3ccc4c(c3)OCCO4)c(Cl)c2)cc1. The van der Waals surface area contributed by atoms with Gasteiger partial charge in [-0.1, -0.05) is 29.3 Å². The molecular formula is C23H21ClN2O6S. The molecule has 0 aliphatic carbocycles. The number of sulfonamides is 1. The molecule has 4 rings (SSSR count). The normalized spacial score (nSPS) is 12.7. The van der Waals surface area contributed by atoms with Crippen molar-refractivity contribution in [3.05, 3.63) is 71.2 Å². The molecule has 172 valence electrons. The summed E-state index contributed by atoms with van der Waals surface area (Å²) in [5.74, 6) is 0.942. The number of aryl methyl sites for hydroxylation is 1. The van der Waals surface area contributed by atoms with Gasteiger partial charge in [-0.25, -0.2) is 8.42 Å². The maximum atomic E-state index is 12.6. The van der Waals surface area contributed by atoms with Crippen molar-refractivity contribution in [2.75, 3.05) is 29.9 Å². The van der Waals surface area contributed by atoms with Gasteiger partial charge in [0.2, 0.25) is 0 Å². The smallest absolute Gasteiger partial charge is 0.262 e. The monoisotopic (exact) mass is 488 g/mol. The Morgan fingerprint density at radius 3 is 2.39 bits per heavy atom. The summed E-state index contributed by atoms with van der Waals surface area (Å²) in [4.78, 5) is 12.2. The lowest BCUT2D eigenvalue weighted by molar-refractivity contribution is -0.118. The molecule has 0 radical (unpaired) electrons. The molecule has 0 fully saturated rings. The van der Waals surface area contributed by atoms with Crippen LogP contribution in [-0.4, -0.2) is 34.1 Å². The Labute approximate surface area is 196 Å². The zero-order chi connectivity index (χ0) is 23.4. The van der Waals surface area contributed by atoms with Gasteiger partial charge in [-0.3, -0.25) is 9.52 Å². The minimum absolute atomic E-state index is 0.0267. The molecular weight excluding hydrogens is 468 g/mol. The molecule has 0 aromatic heterocycles. The zero-order valence-electron chi connectivity index (χ0n) is 17.6. The molecule has 0 saturated heterocycles. The first-order chi connectivity index (χ1) is 15.8. The Balaban J connectivity index is 1.37. The van der Waals surface area contributed by atoms with Crippen molar-refractivity contribution in [1.82, 2.24) is 0 Å². The summed E-state index contributed by atoms with van der Waals surface area (Å²) >= 11 is 6.20. The molecule has 0 bridgehead atoms. The number of fused-ring (bicyclic) bond motifs is 1. The van der Waals surface area contributed by atoms with E-state index in [4.69, 9.17) is 25.8 Å². The van der Waals surface area contributed by atoms with Gasteiger partial charge >= 0.3 is 0 Å². The number of benzene rings is 3. The van der Waals surface area contributed by atoms with Crippen LogP contribution in [0, 0.1) is 6.92 Å². The molecule has 3 aromatic rings. The molecule has 10 heteroatoms. The van der Waals surface area contributed by atoms with Crippen LogP contribution in [0.5, 0.6) is 17.2 Å². The van der Waals surface area contributed by atoms with Gasteiger partial charge in [0.25, 0.3) is 15.9 Å². The number of anilines is 2. The molecule has 0 spiro atoms. The van der Waals surface area contributed by atoms with Crippen LogP contribution < -0.4 is 24.2 Å². The Bertz CT molecular complexity index is 1280. The van der Waals surface area contributed by atoms with Crippen LogP contribution in [0.2, 0.25) is 5.02 Å². The highest BCUT2D eigenvalue weighted by molar-refractivity contribution is 7.92. The molecule has 1 aliphatic heterocycles. The van der Waals surface area contributed by atoms with Gasteiger partial charge in [0, 0.05) is 17.4 Å². The Morgan fingerprint density at radius 2 is 1.67 bits per heavy atom. The lowest BCUT2D eigenvalue weighted by Gasteiger charge is -2.19. The lowest BCUT2D eigenvalue weighted by atomic mass is 10.2. The fourth-order valence-electron chi connectivity index (χ4n) is 3.06. The topological polar surface area (TPSA) is 103 Å². The molecule has 33 heavy (non-hydrogen) atoms. The van der Waals surface area contributed by atoms with Crippen LogP contribution >= 0.6 is 11.6 Å². The summed E-state index contributed by atoms with van der Waals surface area (Å²) in [6.07, 6.45) is 0. The van der Waals surface area contributed by atoms with E-state index in [9.17, 15) is 13.2 Å². The highest BCUT2D eigenvalue weighted by atomic mass is 35.5. The first-order valence-corrected chi connectivity index (χ1v) is 11.9. The summed E-state index contributed by atoms with van der Waals surface area (Å²) in [5.41, 5.74) is 1.98. The van der Waals surface area contributed by atoms with Crippen LogP contribution in [0.15, 0.2) is 65.6 Å². The van der Waals surface area contributed by atoms with E-state index in [0.29, 0.717) is 36.1 Å². The Kier molecular flexibility index (Phi) is 6.62. The molecule has 0 atom stereocenters. The zero-order valence-corrected chi connectivity index (χ0v) is 19.2. The molecule has 3 aromatic carbocycles. The van der Waals surface area contributed by atoms with Crippen molar-refractivity contribution < 1.29 is 27.4 Å². The highest BCUT2D eigenvalue weighted by Gasteiger charge is 2.17. The highest BCUT2D eigenvalue weighted by Crippen LogP contribution is 2.33. The van der Waals surface area contributed by atoms with E-state index < -0.39 is 15.9 Å². The first kappa shape index (κ1) is 22.8. The second kappa shape index (κ2) is 9.60. The van der Waals surface area contributed by atoms with Gasteiger partial charge < -0.3 is 19.5 Å². The maximum Gasteiger partial charge on any atom is 0.262 e. The summed E-state index contributed by atoms with van der Waals surface area (Å²) in [7, 11) is -3.84. The van der Waals surface area contributed by atoms with E-state index in [-0.39, 0.29) is 22.3 Å². The van der Waals surface area contributed by atoms with E-state index in [0.717, 1.165) is 5.56 Å². The molecule has 2 N–H and O–H groups in total. The Morgan fingerprint density at radius 1 is 0.970 bits per heavy atom. The van der Waals surface area contributed by atoms with Gasteiger partial charge in [0.15, 0.2) is 18.1 Å². The first-order valence-electron chi connectivity index (χ1n) is 10.0. The number of rotatable bonds is 7. The second-order valence-corrected chi connectivity index (χ2v) is 9.35. The number of halogens is 1. The minimum atomic E-state index is -3.84.